The second-order valence-corrected chi connectivity index (χ2v) is 10.3. The van der Waals surface area contributed by atoms with Crippen molar-refractivity contribution in [2.24, 2.45) is 16.3 Å². The van der Waals surface area contributed by atoms with E-state index in [0.717, 1.165) is 25.0 Å². The van der Waals surface area contributed by atoms with Crippen LogP contribution in [0.15, 0.2) is 35.0 Å². The number of nitrogens with one attached hydrogen (secondary N) is 1. The van der Waals surface area contributed by atoms with Crippen LogP contribution in [0.2, 0.25) is 0 Å². The molecule has 1 saturated heterocycles. The maximum atomic E-state index is 13.3. The number of terminal acetylenes is 1. The number of Topliss-reactive ketones (excluding diaryl/α,β-unsaturated/α-hetero) is 1. The van der Waals surface area contributed by atoms with Crippen molar-refractivity contribution in [3.8, 4) is 12.3 Å². The van der Waals surface area contributed by atoms with Gasteiger partial charge in [-0.05, 0) is 55.3 Å². The Hall–Kier alpha value is -2.71. The highest BCUT2D eigenvalue weighted by Gasteiger charge is 2.42. The fourth-order valence-electron chi connectivity index (χ4n) is 4.93. The van der Waals surface area contributed by atoms with E-state index in [9.17, 15) is 9.59 Å². The second-order valence-electron chi connectivity index (χ2n) is 10.3. The number of nitrogens with zero attached hydrogens (tertiary/aromatic N) is 2. The molecule has 5 nitrogen and oxygen atoms in total. The van der Waals surface area contributed by atoms with Gasteiger partial charge in [-0.25, -0.2) is 0 Å². The molecule has 33 heavy (non-hydrogen) atoms. The largest absolute Gasteiger partial charge is 0.330 e. The number of rotatable bonds is 8. The van der Waals surface area contributed by atoms with Gasteiger partial charge in [-0.1, -0.05) is 45.0 Å². The first-order valence-corrected chi connectivity index (χ1v) is 11.9. The zero-order valence-electron chi connectivity index (χ0n) is 20.6. The molecule has 182 valence electrons. The Bertz CT molecular complexity index is 991. The summed E-state index contributed by atoms with van der Waals surface area (Å²) in [7, 11) is 1.79. The molecule has 1 fully saturated rings. The van der Waals surface area contributed by atoms with E-state index < -0.39 is 6.04 Å². The van der Waals surface area contributed by atoms with Crippen LogP contribution >= 0.6 is 0 Å². The minimum absolute atomic E-state index is 0. The molecule has 0 radical (unpaired) electrons. The van der Waals surface area contributed by atoms with Crippen LogP contribution in [0.4, 0.5) is 0 Å². The molecule has 5 heteroatoms. The molecule has 0 unspecified atom stereocenters. The molecule has 2 aliphatic rings. The molecule has 0 aliphatic carbocycles. The highest BCUT2D eigenvalue weighted by molar-refractivity contribution is 5.92. The fourth-order valence-corrected chi connectivity index (χ4v) is 4.93. The van der Waals surface area contributed by atoms with Gasteiger partial charge < -0.3 is 10.2 Å². The average molecular weight is 454 g/mol. The molecule has 0 aromatic heterocycles. The molecular weight excluding hydrogens is 410 g/mol. The normalized spacial score (nSPS) is 21.4. The molecule has 1 aromatic carbocycles. The smallest absolute Gasteiger partial charge is 0.240 e. The summed E-state index contributed by atoms with van der Waals surface area (Å²) in [6, 6.07) is 7.79. The van der Waals surface area contributed by atoms with Crippen LogP contribution in [0.5, 0.6) is 0 Å². The lowest BCUT2D eigenvalue weighted by atomic mass is 9.85. The third-order valence-corrected chi connectivity index (χ3v) is 6.80. The Morgan fingerprint density at radius 1 is 1.30 bits per heavy atom. The number of likely N-dealkylation sites (N-methyl/N-ethyl adjacent to an activating group) is 1. The second kappa shape index (κ2) is 10.5. The van der Waals surface area contributed by atoms with E-state index in [1.54, 1.807) is 11.9 Å². The van der Waals surface area contributed by atoms with Crippen LogP contribution in [0, 0.1) is 23.7 Å². The summed E-state index contributed by atoms with van der Waals surface area (Å²) < 4.78 is 0. The van der Waals surface area contributed by atoms with Crippen molar-refractivity contribution in [2.75, 3.05) is 13.6 Å². The lowest BCUT2D eigenvalue weighted by molar-refractivity contribution is -0.141. The molecular formula is C28H43N3O2. The van der Waals surface area contributed by atoms with Crippen LogP contribution in [-0.2, 0) is 16.0 Å². The van der Waals surface area contributed by atoms with E-state index in [0.29, 0.717) is 19.4 Å². The third-order valence-electron chi connectivity index (χ3n) is 6.80. The first kappa shape index (κ1) is 24.9. The Morgan fingerprint density at radius 2 is 2.00 bits per heavy atom. The van der Waals surface area contributed by atoms with Gasteiger partial charge in [0.2, 0.25) is 5.91 Å². The van der Waals surface area contributed by atoms with Crippen LogP contribution in [-0.4, -0.2) is 48.5 Å². The van der Waals surface area contributed by atoms with Gasteiger partial charge >= 0.3 is 0 Å². The molecule has 0 saturated carbocycles. The fraction of sp³-hybridized carbons (Fsp3) is 0.536. The molecule has 1 aromatic rings. The summed E-state index contributed by atoms with van der Waals surface area (Å²) in [5, 5.41) is 3.14. The number of amides is 1. The van der Waals surface area contributed by atoms with E-state index >= 15 is 0 Å². The summed E-state index contributed by atoms with van der Waals surface area (Å²) >= 11 is 0. The standard InChI is InChI=1S/C28H37N3O2.3H2/c1-7-20-17-24(31(18-20)27(33)26(29-6)28(3,4)5)25(32)10-8-9-21-11-13-22(14-12-21)23-15-16-30-19(23)2;;;/h1,11-14,16,20,24,26,29H,8-10,15,17-18H2,2-6H3;3*1H/t20-,24+,26-;;;/m1.../s1. The van der Waals surface area contributed by atoms with Crippen molar-refractivity contribution in [1.29, 1.82) is 0 Å². The number of hydrogen-bond donors (Lipinski definition) is 1. The van der Waals surface area contributed by atoms with Crippen molar-refractivity contribution in [3.05, 3.63) is 41.1 Å². The topological polar surface area (TPSA) is 61.8 Å². The van der Waals surface area contributed by atoms with Gasteiger partial charge in [0.15, 0.2) is 5.78 Å². The Balaban J connectivity index is 0.00000408. The number of benzene rings is 1. The van der Waals surface area contributed by atoms with Gasteiger partial charge in [0.1, 0.15) is 0 Å². The summed E-state index contributed by atoms with van der Waals surface area (Å²) in [5.74, 6) is 2.78. The van der Waals surface area contributed by atoms with Gasteiger partial charge in [0, 0.05) is 41.5 Å². The number of ketones is 1. The summed E-state index contributed by atoms with van der Waals surface area (Å²) in [6.45, 7) is 8.59. The lowest BCUT2D eigenvalue weighted by Crippen LogP contribution is -2.54. The highest BCUT2D eigenvalue weighted by atomic mass is 16.2. The predicted molar refractivity (Wildman–Crippen MR) is 141 cm³/mol. The molecule has 3 rings (SSSR count). The zero-order chi connectivity index (χ0) is 24.2. The first-order chi connectivity index (χ1) is 15.7. The van der Waals surface area contributed by atoms with Gasteiger partial charge in [-0.3, -0.25) is 14.6 Å². The van der Waals surface area contributed by atoms with E-state index in [4.69, 9.17) is 6.42 Å². The molecule has 2 heterocycles. The van der Waals surface area contributed by atoms with E-state index in [1.807, 2.05) is 33.9 Å². The molecule has 1 N–H and O–H groups in total. The minimum atomic E-state index is -0.420. The summed E-state index contributed by atoms with van der Waals surface area (Å²) in [5.41, 5.74) is 4.54. The number of aryl methyl sites for hydroxylation is 1. The van der Waals surface area contributed by atoms with E-state index in [2.05, 4.69) is 40.5 Å². The molecule has 1 amide bonds. The maximum absolute atomic E-state index is 13.3. The van der Waals surface area contributed by atoms with Crippen LogP contribution in [0.3, 0.4) is 0 Å². The Morgan fingerprint density at radius 3 is 2.55 bits per heavy atom. The molecule has 0 bridgehead atoms. The van der Waals surface area contributed by atoms with Gasteiger partial charge in [-0.2, -0.15) is 0 Å². The van der Waals surface area contributed by atoms with Gasteiger partial charge in [0.25, 0.3) is 0 Å². The number of hydrogen-bond acceptors (Lipinski definition) is 4. The van der Waals surface area contributed by atoms with Gasteiger partial charge in [0.05, 0.1) is 12.1 Å². The average Bonchev–Trinajstić information content (AvgIpc) is 3.40. The molecule has 2 aliphatic heterocycles. The van der Waals surface area contributed by atoms with Crippen molar-refractivity contribution >= 4 is 23.5 Å². The summed E-state index contributed by atoms with van der Waals surface area (Å²) in [6.07, 6.45) is 11.1. The number of allylic oxidation sites excluding steroid dienone is 2. The quantitative estimate of drug-likeness (QED) is 0.563. The third kappa shape index (κ3) is 5.81. The Labute approximate surface area is 203 Å². The first-order valence-electron chi connectivity index (χ1n) is 11.9. The van der Waals surface area contributed by atoms with Crippen molar-refractivity contribution in [1.82, 2.24) is 10.2 Å². The molecule has 3 atom stereocenters. The van der Waals surface area contributed by atoms with E-state index in [1.165, 1.54) is 16.7 Å². The van der Waals surface area contributed by atoms with Gasteiger partial charge in [-0.15, -0.1) is 12.3 Å². The van der Waals surface area contributed by atoms with Crippen molar-refractivity contribution < 1.29 is 13.9 Å². The minimum Gasteiger partial charge on any atom is -0.330 e. The van der Waals surface area contributed by atoms with Crippen LogP contribution in [0.25, 0.3) is 5.57 Å². The molecule has 0 spiro atoms. The number of carbonyl (C=O) groups excluding carboxylic acids is 2. The maximum Gasteiger partial charge on any atom is 0.240 e. The Kier molecular flexibility index (Phi) is 7.92. The zero-order valence-corrected chi connectivity index (χ0v) is 20.6. The van der Waals surface area contributed by atoms with Crippen molar-refractivity contribution in [3.63, 3.8) is 0 Å². The summed E-state index contributed by atoms with van der Waals surface area (Å²) in [4.78, 5) is 32.5. The van der Waals surface area contributed by atoms with Crippen molar-refractivity contribution in [2.45, 2.75) is 71.9 Å². The van der Waals surface area contributed by atoms with E-state index in [-0.39, 0.29) is 33.3 Å². The SMILES string of the molecule is C#C[C@@H]1C[C@@H](C(=O)CCCc2ccc(C3=C(C)N=CC3)cc2)N(C(=O)[C@@H](NC)C(C)(C)C)C1.[HH].[HH].[HH]. The number of likely N-dealkylation sites (tertiary alicyclic amines) is 1. The lowest BCUT2D eigenvalue weighted by Gasteiger charge is -2.34. The number of carbonyl (C=O) groups is 2. The number of aliphatic imine (C=N–C) groups is 1. The monoisotopic (exact) mass is 453 g/mol. The van der Waals surface area contributed by atoms with Crippen LogP contribution < -0.4 is 5.32 Å². The highest BCUT2D eigenvalue weighted by Crippen LogP contribution is 2.30. The predicted octanol–water partition coefficient (Wildman–Crippen LogP) is 5.01. The van der Waals surface area contributed by atoms with Crippen LogP contribution in [0.1, 0.15) is 68.8 Å².